The first-order valence-electron chi connectivity index (χ1n) is 7.50. The molecule has 1 aliphatic carbocycles. The van der Waals surface area contributed by atoms with E-state index in [4.69, 9.17) is 0 Å². The minimum atomic E-state index is -0.638. The average Bonchev–Trinajstić information content (AvgIpc) is 2.42. The summed E-state index contributed by atoms with van der Waals surface area (Å²) in [5.74, 6) is -0.586. The molecule has 0 radical (unpaired) electrons. The average molecular weight is 295 g/mol. The van der Waals surface area contributed by atoms with Crippen LogP contribution in [0.15, 0.2) is 18.2 Å². The zero-order chi connectivity index (χ0) is 15.6. The SMILES string of the molecule is CC1CCC(C(=O)Cc2ccc(F)cc2F)(N(C)C)CC1. The molecule has 1 aromatic rings. The highest BCUT2D eigenvalue weighted by atomic mass is 19.1. The van der Waals surface area contributed by atoms with Crippen LogP contribution in [0.4, 0.5) is 8.78 Å². The zero-order valence-corrected chi connectivity index (χ0v) is 13.0. The second kappa shape index (κ2) is 6.22. The number of likely N-dealkylation sites (N-methyl/N-ethyl adjacent to an activating group) is 1. The Labute approximate surface area is 125 Å². The van der Waals surface area contributed by atoms with Crippen LogP contribution in [-0.4, -0.2) is 30.3 Å². The Morgan fingerprint density at radius 2 is 1.90 bits per heavy atom. The third-order valence-corrected chi connectivity index (χ3v) is 4.84. The maximum absolute atomic E-state index is 13.8. The Bertz CT molecular complexity index is 520. The molecule has 0 aromatic heterocycles. The van der Waals surface area contributed by atoms with Crippen molar-refractivity contribution in [2.45, 2.75) is 44.6 Å². The molecule has 1 saturated carbocycles. The van der Waals surface area contributed by atoms with Crippen LogP contribution in [0.2, 0.25) is 0 Å². The molecule has 0 atom stereocenters. The van der Waals surface area contributed by atoms with Crippen molar-refractivity contribution in [3.63, 3.8) is 0 Å². The Kier molecular flexibility index (Phi) is 4.77. The summed E-state index contributed by atoms with van der Waals surface area (Å²) in [5, 5.41) is 0. The number of nitrogens with zero attached hydrogens (tertiary/aromatic N) is 1. The van der Waals surface area contributed by atoms with Crippen LogP contribution in [0.25, 0.3) is 0 Å². The van der Waals surface area contributed by atoms with Crippen molar-refractivity contribution in [2.24, 2.45) is 5.92 Å². The van der Waals surface area contributed by atoms with Gasteiger partial charge >= 0.3 is 0 Å². The van der Waals surface area contributed by atoms with E-state index in [-0.39, 0.29) is 17.8 Å². The molecular formula is C17H23F2NO. The fourth-order valence-electron chi connectivity index (χ4n) is 3.22. The predicted octanol–water partition coefficient (Wildman–Crippen LogP) is 3.59. The van der Waals surface area contributed by atoms with Gasteiger partial charge in [-0.2, -0.15) is 0 Å². The summed E-state index contributed by atoms with van der Waals surface area (Å²) >= 11 is 0. The molecule has 0 amide bonds. The van der Waals surface area contributed by atoms with Gasteiger partial charge in [-0.3, -0.25) is 9.69 Å². The number of benzene rings is 1. The Balaban J connectivity index is 2.20. The van der Waals surface area contributed by atoms with Crippen molar-refractivity contribution in [3.05, 3.63) is 35.4 Å². The molecule has 2 nitrogen and oxygen atoms in total. The third kappa shape index (κ3) is 3.31. The predicted molar refractivity (Wildman–Crippen MR) is 79.1 cm³/mol. The molecule has 2 rings (SSSR count). The first kappa shape index (κ1) is 16.1. The van der Waals surface area contributed by atoms with Crippen molar-refractivity contribution in [2.75, 3.05) is 14.1 Å². The van der Waals surface area contributed by atoms with Crippen molar-refractivity contribution in [1.29, 1.82) is 0 Å². The lowest BCUT2D eigenvalue weighted by atomic mass is 9.72. The number of hydrogen-bond acceptors (Lipinski definition) is 2. The van der Waals surface area contributed by atoms with Crippen LogP contribution in [0.5, 0.6) is 0 Å². The van der Waals surface area contributed by atoms with Crippen LogP contribution < -0.4 is 0 Å². The molecule has 0 aliphatic heterocycles. The zero-order valence-electron chi connectivity index (χ0n) is 13.0. The summed E-state index contributed by atoms with van der Waals surface area (Å²) < 4.78 is 26.7. The van der Waals surface area contributed by atoms with E-state index in [0.717, 1.165) is 31.7 Å². The number of ketones is 1. The van der Waals surface area contributed by atoms with Gasteiger partial charge in [0.2, 0.25) is 0 Å². The molecule has 0 bridgehead atoms. The largest absolute Gasteiger partial charge is 0.297 e. The minimum Gasteiger partial charge on any atom is -0.297 e. The summed E-state index contributed by atoms with van der Waals surface area (Å²) in [5.41, 5.74) is -0.228. The van der Waals surface area contributed by atoms with Gasteiger partial charge in [0.1, 0.15) is 11.6 Å². The van der Waals surface area contributed by atoms with Crippen molar-refractivity contribution in [1.82, 2.24) is 4.90 Å². The Hall–Kier alpha value is -1.29. The molecular weight excluding hydrogens is 272 g/mol. The fraction of sp³-hybridized carbons (Fsp3) is 0.588. The van der Waals surface area contributed by atoms with E-state index >= 15 is 0 Å². The van der Waals surface area contributed by atoms with Gasteiger partial charge in [0, 0.05) is 12.5 Å². The minimum absolute atomic E-state index is 0.0265. The van der Waals surface area contributed by atoms with E-state index in [1.807, 2.05) is 19.0 Å². The molecule has 0 heterocycles. The topological polar surface area (TPSA) is 20.3 Å². The Morgan fingerprint density at radius 1 is 1.29 bits per heavy atom. The van der Waals surface area contributed by atoms with Gasteiger partial charge in [-0.1, -0.05) is 13.0 Å². The van der Waals surface area contributed by atoms with Gasteiger partial charge in [0.25, 0.3) is 0 Å². The van der Waals surface area contributed by atoms with Gasteiger partial charge in [0.05, 0.1) is 5.54 Å². The third-order valence-electron chi connectivity index (χ3n) is 4.84. The summed E-state index contributed by atoms with van der Waals surface area (Å²) in [6.45, 7) is 2.20. The first-order chi connectivity index (χ1) is 9.85. The molecule has 0 N–H and O–H groups in total. The van der Waals surface area contributed by atoms with Crippen molar-refractivity contribution >= 4 is 5.78 Å². The summed E-state index contributed by atoms with van der Waals surface area (Å²) in [6.07, 6.45) is 3.66. The van der Waals surface area contributed by atoms with Crippen molar-refractivity contribution < 1.29 is 13.6 Å². The lowest BCUT2D eigenvalue weighted by molar-refractivity contribution is -0.131. The molecule has 21 heavy (non-hydrogen) atoms. The Morgan fingerprint density at radius 3 is 2.43 bits per heavy atom. The van der Waals surface area contributed by atoms with E-state index in [0.29, 0.717) is 5.92 Å². The maximum atomic E-state index is 13.8. The summed E-state index contributed by atoms with van der Waals surface area (Å²) in [7, 11) is 3.82. The van der Waals surface area contributed by atoms with Gasteiger partial charge < -0.3 is 0 Å². The molecule has 0 spiro atoms. The number of halogens is 2. The maximum Gasteiger partial charge on any atom is 0.157 e. The van der Waals surface area contributed by atoms with E-state index < -0.39 is 17.2 Å². The number of carbonyl (C=O) groups is 1. The molecule has 4 heteroatoms. The normalized spacial score (nSPS) is 26.1. The monoisotopic (exact) mass is 295 g/mol. The summed E-state index contributed by atoms with van der Waals surface area (Å²) in [4.78, 5) is 14.7. The molecule has 116 valence electrons. The van der Waals surface area contributed by atoms with Crippen LogP contribution in [-0.2, 0) is 11.2 Å². The van der Waals surface area contributed by atoms with Gasteiger partial charge in [-0.25, -0.2) is 8.78 Å². The van der Waals surface area contributed by atoms with E-state index in [2.05, 4.69) is 6.92 Å². The number of carbonyl (C=O) groups excluding carboxylic acids is 1. The smallest absolute Gasteiger partial charge is 0.157 e. The van der Waals surface area contributed by atoms with Crippen LogP contribution in [0.3, 0.4) is 0 Å². The summed E-state index contributed by atoms with van der Waals surface area (Å²) in [6, 6.07) is 3.42. The molecule has 1 aliphatic rings. The molecule has 0 unspecified atom stereocenters. The second-order valence-corrected chi connectivity index (χ2v) is 6.44. The highest BCUT2D eigenvalue weighted by molar-refractivity contribution is 5.90. The lowest BCUT2D eigenvalue weighted by Crippen LogP contribution is -2.53. The fourth-order valence-corrected chi connectivity index (χ4v) is 3.22. The van der Waals surface area contributed by atoms with E-state index in [1.54, 1.807) is 0 Å². The molecule has 1 aromatic carbocycles. The van der Waals surface area contributed by atoms with E-state index in [9.17, 15) is 13.6 Å². The van der Waals surface area contributed by atoms with Gasteiger partial charge in [-0.05, 0) is 57.3 Å². The van der Waals surface area contributed by atoms with Gasteiger partial charge in [0.15, 0.2) is 5.78 Å². The number of rotatable bonds is 4. The van der Waals surface area contributed by atoms with E-state index in [1.165, 1.54) is 12.1 Å². The van der Waals surface area contributed by atoms with Crippen molar-refractivity contribution in [3.8, 4) is 0 Å². The van der Waals surface area contributed by atoms with Gasteiger partial charge in [-0.15, -0.1) is 0 Å². The number of hydrogen-bond donors (Lipinski definition) is 0. The molecule has 0 saturated heterocycles. The highest BCUT2D eigenvalue weighted by Crippen LogP contribution is 2.36. The molecule has 1 fully saturated rings. The lowest BCUT2D eigenvalue weighted by Gasteiger charge is -2.43. The first-order valence-corrected chi connectivity index (χ1v) is 7.50. The van der Waals surface area contributed by atoms with Crippen LogP contribution >= 0.6 is 0 Å². The standard InChI is InChI=1S/C17H23F2NO/c1-12-6-8-17(9-7-12,20(2)3)16(21)10-13-4-5-14(18)11-15(13)19/h4-5,11-12H,6-10H2,1-3H3. The van der Waals surface area contributed by atoms with Crippen LogP contribution in [0, 0.1) is 17.6 Å². The second-order valence-electron chi connectivity index (χ2n) is 6.44. The quantitative estimate of drug-likeness (QED) is 0.846. The van der Waals surface area contributed by atoms with Crippen LogP contribution in [0.1, 0.15) is 38.2 Å². The highest BCUT2D eigenvalue weighted by Gasteiger charge is 2.42. The number of Topliss-reactive ketones (excluding diaryl/α,β-unsaturated/α-hetero) is 1.